The van der Waals surface area contributed by atoms with E-state index in [1.165, 1.54) is 17.0 Å². The van der Waals surface area contributed by atoms with E-state index >= 15 is 0 Å². The lowest BCUT2D eigenvalue weighted by atomic mass is 10.2. The number of benzene rings is 1. The molecule has 2 N–H and O–H groups in total. The molecule has 1 heterocycles. The van der Waals surface area contributed by atoms with E-state index in [-0.39, 0.29) is 23.8 Å². The largest absolute Gasteiger partial charge is 0.341 e. The van der Waals surface area contributed by atoms with Crippen LogP contribution >= 0.6 is 0 Å². The van der Waals surface area contributed by atoms with Gasteiger partial charge in [-0.05, 0) is 24.3 Å². The summed E-state index contributed by atoms with van der Waals surface area (Å²) in [6.45, 7) is 1.94. The van der Waals surface area contributed by atoms with Crippen molar-refractivity contribution >= 4 is 25.8 Å². The van der Waals surface area contributed by atoms with Crippen molar-refractivity contribution in [2.24, 2.45) is 5.14 Å². The van der Waals surface area contributed by atoms with E-state index in [9.17, 15) is 30.4 Å². The fourth-order valence-corrected chi connectivity index (χ4v) is 3.74. The molecule has 0 bridgehead atoms. The van der Waals surface area contributed by atoms with Crippen LogP contribution in [0.5, 0.6) is 0 Å². The normalized spacial score (nSPS) is 16.8. The number of alkyl halides is 2. The highest BCUT2D eigenvalue weighted by Gasteiger charge is 2.27. The van der Waals surface area contributed by atoms with Crippen molar-refractivity contribution in [1.82, 2.24) is 9.80 Å². The van der Waals surface area contributed by atoms with Crippen molar-refractivity contribution in [2.75, 3.05) is 38.5 Å². The van der Waals surface area contributed by atoms with Crippen molar-refractivity contribution in [2.45, 2.75) is 10.7 Å². The number of carbonyl (C=O) groups is 1. The molecule has 0 unspecified atom stereocenters. The number of piperazine rings is 1. The zero-order valence-corrected chi connectivity index (χ0v) is 15.3. The van der Waals surface area contributed by atoms with Gasteiger partial charge in [-0.15, -0.1) is 0 Å². The molecule has 26 heavy (non-hydrogen) atoms. The lowest BCUT2D eigenvalue weighted by Crippen LogP contribution is -2.49. The number of hydrogen-bond acceptors (Lipinski definition) is 6. The molecule has 1 fully saturated rings. The Morgan fingerprint density at radius 2 is 1.58 bits per heavy atom. The van der Waals surface area contributed by atoms with Crippen LogP contribution in [0.25, 0.3) is 0 Å². The maximum absolute atomic E-state index is 12.5. The van der Waals surface area contributed by atoms with Gasteiger partial charge in [0.05, 0.1) is 10.6 Å². The lowest BCUT2D eigenvalue weighted by molar-refractivity contribution is 0.0644. The van der Waals surface area contributed by atoms with Crippen LogP contribution in [-0.4, -0.2) is 76.8 Å². The molecule has 0 aliphatic carbocycles. The van der Waals surface area contributed by atoms with Gasteiger partial charge in [-0.3, -0.25) is 9.69 Å². The van der Waals surface area contributed by atoms with E-state index in [0.29, 0.717) is 26.2 Å². The molecule has 12 heteroatoms. The Bertz CT molecular complexity index is 849. The average Bonchev–Trinajstić information content (AvgIpc) is 2.59. The molecule has 1 amide bonds. The van der Waals surface area contributed by atoms with Gasteiger partial charge >= 0.3 is 5.76 Å². The van der Waals surface area contributed by atoms with Gasteiger partial charge in [-0.1, -0.05) is 0 Å². The van der Waals surface area contributed by atoms with Crippen LogP contribution in [0.15, 0.2) is 29.2 Å². The molecule has 1 aromatic carbocycles. The van der Waals surface area contributed by atoms with Crippen LogP contribution in [-0.2, 0) is 19.9 Å². The Balaban J connectivity index is 1.96. The molecule has 0 radical (unpaired) electrons. The summed E-state index contributed by atoms with van der Waals surface area (Å²) in [4.78, 5) is 15.3. The van der Waals surface area contributed by atoms with Crippen molar-refractivity contribution in [3.63, 3.8) is 0 Å². The average molecular weight is 411 g/mol. The van der Waals surface area contributed by atoms with Gasteiger partial charge < -0.3 is 4.90 Å². The number of sulfone groups is 1. The maximum Gasteiger partial charge on any atom is 0.341 e. The molecule has 146 valence electrons. The third-order valence-corrected chi connectivity index (χ3v) is 6.17. The summed E-state index contributed by atoms with van der Waals surface area (Å²) in [5, 5.41) is 4.96. The summed E-state index contributed by atoms with van der Waals surface area (Å²) in [5.74, 6) is -4.03. The number of carbonyl (C=O) groups excluding carboxylic acids is 1. The summed E-state index contributed by atoms with van der Waals surface area (Å²) in [7, 11) is -8.24. The summed E-state index contributed by atoms with van der Waals surface area (Å²) >= 11 is 0. The van der Waals surface area contributed by atoms with Crippen LogP contribution in [0.3, 0.4) is 0 Å². The molecule has 0 saturated carbocycles. The van der Waals surface area contributed by atoms with Gasteiger partial charge in [0.15, 0.2) is 0 Å². The SMILES string of the molecule is NS(=O)(=O)CCN1CCN(C(=O)c2ccc(S(=O)(=O)C(F)F)cc2)CC1. The van der Waals surface area contributed by atoms with Gasteiger partial charge in [-0.25, -0.2) is 22.0 Å². The minimum Gasteiger partial charge on any atom is -0.336 e. The second-order valence-corrected chi connectivity index (χ2v) is 9.48. The molecule has 1 aromatic rings. The number of amides is 1. The van der Waals surface area contributed by atoms with Crippen molar-refractivity contribution in [3.05, 3.63) is 29.8 Å². The Kier molecular flexibility index (Phi) is 6.32. The number of halogens is 2. The minimum absolute atomic E-state index is 0.166. The van der Waals surface area contributed by atoms with Crippen molar-refractivity contribution in [1.29, 1.82) is 0 Å². The lowest BCUT2D eigenvalue weighted by Gasteiger charge is -2.34. The predicted octanol–water partition coefficient (Wildman–Crippen LogP) is -0.271. The molecule has 0 aromatic heterocycles. The zero-order valence-electron chi connectivity index (χ0n) is 13.7. The van der Waals surface area contributed by atoms with E-state index in [1.807, 2.05) is 4.90 Å². The number of primary sulfonamides is 1. The predicted molar refractivity (Wildman–Crippen MR) is 89.9 cm³/mol. The molecule has 1 aliphatic rings. The summed E-state index contributed by atoms with van der Waals surface area (Å²) in [5.41, 5.74) is 0.191. The standard InChI is InChI=1S/C14H19F2N3O5S2/c15-14(16)26(23,24)12-3-1-11(2-4-12)13(20)19-7-5-18(6-8-19)9-10-25(17,21)22/h1-4,14H,5-10H2,(H2,17,21,22). The number of sulfonamides is 1. The Morgan fingerprint density at radius 1 is 1.04 bits per heavy atom. The van der Waals surface area contributed by atoms with Crippen LogP contribution in [0.4, 0.5) is 8.78 Å². The van der Waals surface area contributed by atoms with Gasteiger partial charge in [0, 0.05) is 38.3 Å². The number of nitrogens with two attached hydrogens (primary N) is 1. The molecule has 0 spiro atoms. The first-order valence-corrected chi connectivity index (χ1v) is 10.9. The van der Waals surface area contributed by atoms with E-state index < -0.39 is 30.5 Å². The van der Waals surface area contributed by atoms with E-state index in [1.54, 1.807) is 0 Å². The number of nitrogens with zero attached hydrogens (tertiary/aromatic N) is 2. The van der Waals surface area contributed by atoms with Gasteiger partial charge in [-0.2, -0.15) is 8.78 Å². The molecule has 2 rings (SSSR count). The second kappa shape index (κ2) is 7.94. The van der Waals surface area contributed by atoms with E-state index in [4.69, 9.17) is 5.14 Å². The maximum atomic E-state index is 12.5. The molecule has 1 saturated heterocycles. The third-order valence-electron chi connectivity index (χ3n) is 4.02. The Morgan fingerprint density at radius 3 is 2.04 bits per heavy atom. The van der Waals surface area contributed by atoms with Gasteiger partial charge in [0.25, 0.3) is 5.91 Å². The smallest absolute Gasteiger partial charge is 0.336 e. The van der Waals surface area contributed by atoms with Crippen LogP contribution in [0, 0.1) is 0 Å². The van der Waals surface area contributed by atoms with Crippen LogP contribution in [0.1, 0.15) is 10.4 Å². The monoisotopic (exact) mass is 411 g/mol. The highest BCUT2D eigenvalue weighted by Crippen LogP contribution is 2.19. The summed E-state index contributed by atoms with van der Waals surface area (Å²) in [6.07, 6.45) is 0. The Hall–Kier alpha value is -1.63. The van der Waals surface area contributed by atoms with Gasteiger partial charge in [0.1, 0.15) is 0 Å². The summed E-state index contributed by atoms with van der Waals surface area (Å²) in [6, 6.07) is 4.37. The van der Waals surface area contributed by atoms with E-state index in [0.717, 1.165) is 12.1 Å². The first-order valence-electron chi connectivity index (χ1n) is 7.65. The highest BCUT2D eigenvalue weighted by molar-refractivity contribution is 7.91. The van der Waals surface area contributed by atoms with Gasteiger partial charge in [0.2, 0.25) is 19.9 Å². The van der Waals surface area contributed by atoms with Crippen molar-refractivity contribution in [3.8, 4) is 0 Å². The number of hydrogen-bond donors (Lipinski definition) is 1. The third kappa shape index (κ3) is 5.19. The summed E-state index contributed by atoms with van der Waals surface area (Å²) < 4.78 is 69.7. The second-order valence-electron chi connectivity index (χ2n) is 5.83. The molecule has 8 nitrogen and oxygen atoms in total. The zero-order chi connectivity index (χ0) is 19.5. The molecule has 1 aliphatic heterocycles. The fraction of sp³-hybridized carbons (Fsp3) is 0.500. The van der Waals surface area contributed by atoms with Crippen molar-refractivity contribution < 1.29 is 30.4 Å². The molecular weight excluding hydrogens is 392 g/mol. The molecule has 0 atom stereocenters. The van der Waals surface area contributed by atoms with E-state index in [2.05, 4.69) is 0 Å². The first kappa shape index (κ1) is 20.7. The minimum atomic E-state index is -4.69. The quantitative estimate of drug-likeness (QED) is 0.689. The molecular formula is C14H19F2N3O5S2. The van der Waals surface area contributed by atoms with Crippen LogP contribution in [0.2, 0.25) is 0 Å². The fourth-order valence-electron chi connectivity index (χ4n) is 2.50. The Labute approximate surface area is 150 Å². The number of rotatable bonds is 6. The van der Waals surface area contributed by atoms with Crippen LogP contribution < -0.4 is 5.14 Å². The first-order chi connectivity index (χ1) is 12.0. The highest BCUT2D eigenvalue weighted by atomic mass is 32.2. The topological polar surface area (TPSA) is 118 Å².